The molecule has 0 unspecified atom stereocenters. The summed E-state index contributed by atoms with van der Waals surface area (Å²) in [4.78, 5) is 15.0. The quantitative estimate of drug-likeness (QED) is 0.373. The van der Waals surface area contributed by atoms with Gasteiger partial charge in [0.1, 0.15) is 11.5 Å². The van der Waals surface area contributed by atoms with E-state index in [1.807, 2.05) is 67.6 Å². The molecule has 0 spiro atoms. The van der Waals surface area contributed by atoms with E-state index in [9.17, 15) is 4.79 Å². The van der Waals surface area contributed by atoms with Crippen LogP contribution in [0.3, 0.4) is 0 Å². The van der Waals surface area contributed by atoms with Gasteiger partial charge in [-0.05, 0) is 55.0 Å². The van der Waals surface area contributed by atoms with Crippen LogP contribution in [0.15, 0.2) is 70.0 Å². The monoisotopic (exact) mass is 411 g/mol. The van der Waals surface area contributed by atoms with E-state index in [2.05, 4.69) is 0 Å². The van der Waals surface area contributed by atoms with Crippen LogP contribution in [0.5, 0.6) is 0 Å². The minimum absolute atomic E-state index is 0.135. The van der Waals surface area contributed by atoms with Crippen molar-refractivity contribution in [3.05, 3.63) is 81.9 Å². The second-order valence-corrected chi connectivity index (χ2v) is 8.12. The number of halogens is 1. The highest BCUT2D eigenvalue weighted by atomic mass is 35.5. The van der Waals surface area contributed by atoms with Crippen molar-refractivity contribution in [2.45, 2.75) is 6.92 Å². The Bertz CT molecular complexity index is 1070. The fourth-order valence-electron chi connectivity index (χ4n) is 2.82. The lowest BCUT2D eigenvalue weighted by Crippen LogP contribution is -2.28. The number of nitrogens with zero attached hydrogens (tertiary/aromatic N) is 1. The molecule has 1 amide bonds. The number of amides is 1. The van der Waals surface area contributed by atoms with Gasteiger partial charge in [0.05, 0.1) is 10.6 Å². The molecular formula is C21H14ClNO2S2. The molecule has 27 heavy (non-hydrogen) atoms. The zero-order valence-corrected chi connectivity index (χ0v) is 16.7. The molecule has 3 aromatic rings. The first kappa shape index (κ1) is 18.0. The van der Waals surface area contributed by atoms with Gasteiger partial charge < -0.3 is 4.42 Å². The summed E-state index contributed by atoms with van der Waals surface area (Å²) in [6, 6.07) is 18.8. The molecule has 0 radical (unpaired) electrons. The average Bonchev–Trinajstić information content (AvgIpc) is 3.22. The highest BCUT2D eigenvalue weighted by Crippen LogP contribution is 2.37. The van der Waals surface area contributed by atoms with Crippen LogP contribution < -0.4 is 4.90 Å². The SMILES string of the molecule is Cc1ccccc1N1C(=O)C(=Cc2ccc(-c3ccc(Cl)cc3)o2)SC1=S. The first-order valence-electron chi connectivity index (χ1n) is 8.22. The summed E-state index contributed by atoms with van der Waals surface area (Å²) in [6.07, 6.45) is 1.73. The van der Waals surface area contributed by atoms with E-state index >= 15 is 0 Å². The van der Waals surface area contributed by atoms with E-state index in [4.69, 9.17) is 28.2 Å². The number of furan rings is 1. The lowest BCUT2D eigenvalue weighted by molar-refractivity contribution is -0.113. The Morgan fingerprint density at radius 3 is 2.56 bits per heavy atom. The topological polar surface area (TPSA) is 33.5 Å². The maximum Gasteiger partial charge on any atom is 0.270 e. The van der Waals surface area contributed by atoms with E-state index < -0.39 is 0 Å². The largest absolute Gasteiger partial charge is 0.457 e. The summed E-state index contributed by atoms with van der Waals surface area (Å²) in [7, 11) is 0. The Labute approximate surface area is 171 Å². The molecule has 1 saturated heterocycles. The second kappa shape index (κ2) is 7.35. The third kappa shape index (κ3) is 3.58. The van der Waals surface area contributed by atoms with Gasteiger partial charge in [0, 0.05) is 16.7 Å². The molecule has 0 aliphatic carbocycles. The normalized spacial score (nSPS) is 15.8. The van der Waals surface area contributed by atoms with Crippen molar-refractivity contribution >= 4 is 57.6 Å². The number of thiocarbonyl (C=S) groups is 1. The van der Waals surface area contributed by atoms with E-state index in [0.29, 0.717) is 25.8 Å². The van der Waals surface area contributed by atoms with Crippen molar-refractivity contribution in [2.24, 2.45) is 0 Å². The minimum atomic E-state index is -0.135. The molecule has 134 valence electrons. The van der Waals surface area contributed by atoms with Crippen LogP contribution in [0.1, 0.15) is 11.3 Å². The summed E-state index contributed by atoms with van der Waals surface area (Å²) in [5.74, 6) is 1.18. The molecule has 0 N–H and O–H groups in total. The fourth-order valence-corrected chi connectivity index (χ4v) is 4.21. The Hall–Kier alpha value is -2.34. The molecule has 6 heteroatoms. The van der Waals surface area contributed by atoms with Crippen LogP contribution >= 0.6 is 35.6 Å². The molecule has 2 aromatic carbocycles. The standard InChI is InChI=1S/C21H14ClNO2S2/c1-13-4-2-3-5-17(13)23-20(24)19(27-21(23)26)12-16-10-11-18(25-16)14-6-8-15(22)9-7-14/h2-12H,1H3. The molecule has 0 bridgehead atoms. The second-order valence-electron chi connectivity index (χ2n) is 6.01. The van der Waals surface area contributed by atoms with E-state index in [0.717, 1.165) is 16.8 Å². The molecule has 1 aliphatic heterocycles. The zero-order valence-electron chi connectivity index (χ0n) is 14.3. The van der Waals surface area contributed by atoms with Crippen molar-refractivity contribution in [1.82, 2.24) is 0 Å². The zero-order chi connectivity index (χ0) is 19.0. The number of carbonyl (C=O) groups is 1. The Kier molecular flexibility index (Phi) is 4.91. The van der Waals surface area contributed by atoms with Crippen LogP contribution in [0, 0.1) is 6.92 Å². The van der Waals surface area contributed by atoms with Gasteiger partial charge in [-0.15, -0.1) is 0 Å². The van der Waals surface area contributed by atoms with Gasteiger partial charge in [0.15, 0.2) is 4.32 Å². The molecule has 4 rings (SSSR count). The van der Waals surface area contributed by atoms with Gasteiger partial charge in [-0.1, -0.05) is 53.8 Å². The van der Waals surface area contributed by atoms with Crippen LogP contribution in [0.2, 0.25) is 5.02 Å². The summed E-state index contributed by atoms with van der Waals surface area (Å²) in [5.41, 5.74) is 2.73. The van der Waals surface area contributed by atoms with Crippen LogP contribution in [0.4, 0.5) is 5.69 Å². The number of benzene rings is 2. The molecule has 3 nitrogen and oxygen atoms in total. The van der Waals surface area contributed by atoms with Crippen molar-refractivity contribution in [1.29, 1.82) is 0 Å². The van der Waals surface area contributed by atoms with Crippen molar-refractivity contribution in [3.63, 3.8) is 0 Å². The minimum Gasteiger partial charge on any atom is -0.457 e. The number of anilines is 1. The van der Waals surface area contributed by atoms with Crippen molar-refractivity contribution in [3.8, 4) is 11.3 Å². The summed E-state index contributed by atoms with van der Waals surface area (Å²) in [6.45, 7) is 1.96. The predicted molar refractivity (Wildman–Crippen MR) is 116 cm³/mol. The predicted octanol–water partition coefficient (Wildman–Crippen LogP) is 6.31. The summed E-state index contributed by atoms with van der Waals surface area (Å²) >= 11 is 12.6. The highest BCUT2D eigenvalue weighted by Gasteiger charge is 2.34. The average molecular weight is 412 g/mol. The number of thioether (sulfide) groups is 1. The van der Waals surface area contributed by atoms with E-state index in [1.165, 1.54) is 11.8 Å². The van der Waals surface area contributed by atoms with Gasteiger partial charge in [-0.2, -0.15) is 0 Å². The highest BCUT2D eigenvalue weighted by molar-refractivity contribution is 8.27. The number of para-hydroxylation sites is 1. The third-order valence-corrected chi connectivity index (χ3v) is 5.73. The molecule has 0 atom stereocenters. The number of hydrogen-bond donors (Lipinski definition) is 0. The molecule has 0 saturated carbocycles. The number of carbonyl (C=O) groups excluding carboxylic acids is 1. The van der Waals surface area contributed by atoms with Gasteiger partial charge >= 0.3 is 0 Å². The van der Waals surface area contributed by atoms with Crippen LogP contribution in [-0.4, -0.2) is 10.2 Å². The Morgan fingerprint density at radius 1 is 1.07 bits per heavy atom. The molecule has 1 aromatic heterocycles. The molecule has 1 fully saturated rings. The van der Waals surface area contributed by atoms with Gasteiger partial charge in [-0.3, -0.25) is 9.69 Å². The molecular weight excluding hydrogens is 398 g/mol. The maximum absolute atomic E-state index is 12.9. The van der Waals surface area contributed by atoms with Gasteiger partial charge in [-0.25, -0.2) is 0 Å². The summed E-state index contributed by atoms with van der Waals surface area (Å²) < 4.78 is 6.39. The first-order valence-corrected chi connectivity index (χ1v) is 9.82. The lowest BCUT2D eigenvalue weighted by Gasteiger charge is -2.16. The van der Waals surface area contributed by atoms with Gasteiger partial charge in [0.25, 0.3) is 5.91 Å². The number of aryl methyl sites for hydroxylation is 1. The number of hydrogen-bond acceptors (Lipinski definition) is 4. The fraction of sp³-hybridized carbons (Fsp3) is 0.0476. The molecule has 2 heterocycles. The van der Waals surface area contributed by atoms with Crippen molar-refractivity contribution < 1.29 is 9.21 Å². The van der Waals surface area contributed by atoms with Gasteiger partial charge in [0.2, 0.25) is 0 Å². The Morgan fingerprint density at radius 2 is 1.81 bits per heavy atom. The first-order chi connectivity index (χ1) is 13.0. The third-order valence-electron chi connectivity index (χ3n) is 4.18. The lowest BCUT2D eigenvalue weighted by atomic mass is 10.2. The summed E-state index contributed by atoms with van der Waals surface area (Å²) in [5, 5.41) is 0.672. The van der Waals surface area contributed by atoms with Crippen LogP contribution in [-0.2, 0) is 4.79 Å². The maximum atomic E-state index is 12.9. The Balaban J connectivity index is 1.62. The number of rotatable bonds is 3. The van der Waals surface area contributed by atoms with Crippen molar-refractivity contribution in [2.75, 3.05) is 4.90 Å². The van der Waals surface area contributed by atoms with Crippen LogP contribution in [0.25, 0.3) is 17.4 Å². The van der Waals surface area contributed by atoms with E-state index in [1.54, 1.807) is 11.0 Å². The molecule has 1 aliphatic rings. The smallest absolute Gasteiger partial charge is 0.270 e. The van der Waals surface area contributed by atoms with E-state index in [-0.39, 0.29) is 5.91 Å².